The Kier molecular flexibility index (Phi) is 3.58. The van der Waals surface area contributed by atoms with Crippen molar-refractivity contribution in [1.29, 1.82) is 0 Å². The Balaban J connectivity index is 2.35. The monoisotopic (exact) mass is 168 g/mol. The van der Waals surface area contributed by atoms with Gasteiger partial charge < -0.3 is 9.84 Å². The second-order valence-corrected chi connectivity index (χ2v) is 3.23. The van der Waals surface area contributed by atoms with Crippen molar-refractivity contribution < 1.29 is 9.84 Å². The predicted molar refractivity (Wildman–Crippen MR) is 47.6 cm³/mol. The molecule has 0 amide bonds. The maximum absolute atomic E-state index is 9.58. The molecule has 1 rings (SSSR count). The molecule has 0 bridgehead atoms. The minimum atomic E-state index is -0.470. The van der Waals surface area contributed by atoms with Crippen molar-refractivity contribution in [1.82, 2.24) is 0 Å². The molecule has 1 saturated carbocycles. The predicted octanol–water partition coefficient (Wildman–Crippen LogP) is 1.19. The standard InChI is InChI=1S/C10H16O2/c1-3-5-9(11)10(12-4-2)8-6-7-8/h1,8-11H,4-7H2,2H3. The van der Waals surface area contributed by atoms with Gasteiger partial charge in [-0.3, -0.25) is 0 Å². The Morgan fingerprint density at radius 2 is 2.33 bits per heavy atom. The van der Waals surface area contributed by atoms with Gasteiger partial charge >= 0.3 is 0 Å². The zero-order chi connectivity index (χ0) is 8.97. The molecule has 0 saturated heterocycles. The first-order chi connectivity index (χ1) is 5.79. The van der Waals surface area contributed by atoms with Crippen LogP contribution in [0.15, 0.2) is 0 Å². The molecule has 2 atom stereocenters. The lowest BCUT2D eigenvalue weighted by Gasteiger charge is -2.20. The van der Waals surface area contributed by atoms with Gasteiger partial charge in [-0.15, -0.1) is 12.3 Å². The van der Waals surface area contributed by atoms with E-state index in [0.717, 1.165) is 0 Å². The van der Waals surface area contributed by atoms with E-state index in [9.17, 15) is 5.11 Å². The highest BCUT2D eigenvalue weighted by Gasteiger charge is 2.35. The van der Waals surface area contributed by atoms with Gasteiger partial charge in [-0.05, 0) is 25.7 Å². The summed E-state index contributed by atoms with van der Waals surface area (Å²) in [7, 11) is 0. The molecule has 0 spiro atoms. The van der Waals surface area contributed by atoms with Crippen LogP contribution in [0.25, 0.3) is 0 Å². The van der Waals surface area contributed by atoms with E-state index in [4.69, 9.17) is 11.2 Å². The maximum atomic E-state index is 9.58. The van der Waals surface area contributed by atoms with Crippen LogP contribution in [0.2, 0.25) is 0 Å². The average molecular weight is 168 g/mol. The smallest absolute Gasteiger partial charge is 0.0913 e. The Bertz CT molecular complexity index is 167. The molecule has 0 aliphatic heterocycles. The molecule has 68 valence electrons. The van der Waals surface area contributed by atoms with Crippen LogP contribution in [-0.2, 0) is 4.74 Å². The van der Waals surface area contributed by atoms with E-state index < -0.39 is 6.10 Å². The molecule has 2 heteroatoms. The van der Waals surface area contributed by atoms with Crippen molar-refractivity contribution >= 4 is 0 Å². The Labute approximate surface area is 73.9 Å². The van der Waals surface area contributed by atoms with E-state index in [-0.39, 0.29) is 6.10 Å². The van der Waals surface area contributed by atoms with E-state index in [2.05, 4.69) is 5.92 Å². The molecular formula is C10H16O2. The van der Waals surface area contributed by atoms with Crippen molar-refractivity contribution in [3.63, 3.8) is 0 Å². The molecule has 1 aliphatic rings. The van der Waals surface area contributed by atoms with Gasteiger partial charge in [-0.1, -0.05) is 0 Å². The maximum Gasteiger partial charge on any atom is 0.0913 e. The van der Waals surface area contributed by atoms with Crippen LogP contribution in [0.5, 0.6) is 0 Å². The fourth-order valence-electron chi connectivity index (χ4n) is 1.42. The number of rotatable bonds is 5. The summed E-state index contributed by atoms with van der Waals surface area (Å²) in [5.41, 5.74) is 0. The molecule has 0 heterocycles. The van der Waals surface area contributed by atoms with Crippen LogP contribution >= 0.6 is 0 Å². The summed E-state index contributed by atoms with van der Waals surface area (Å²) in [4.78, 5) is 0. The molecule has 0 radical (unpaired) electrons. The van der Waals surface area contributed by atoms with Gasteiger partial charge in [0.1, 0.15) is 0 Å². The largest absolute Gasteiger partial charge is 0.389 e. The van der Waals surface area contributed by atoms with E-state index in [1.165, 1.54) is 12.8 Å². The van der Waals surface area contributed by atoms with Gasteiger partial charge in [-0.25, -0.2) is 0 Å². The summed E-state index contributed by atoms with van der Waals surface area (Å²) < 4.78 is 5.43. The molecule has 2 nitrogen and oxygen atoms in total. The minimum Gasteiger partial charge on any atom is -0.389 e. The van der Waals surface area contributed by atoms with Crippen LogP contribution in [0.1, 0.15) is 26.2 Å². The third kappa shape index (κ3) is 2.51. The summed E-state index contributed by atoms with van der Waals surface area (Å²) in [5, 5.41) is 9.58. The molecule has 1 aliphatic carbocycles. The molecule has 0 aromatic rings. The number of hydrogen-bond donors (Lipinski definition) is 1. The summed E-state index contributed by atoms with van der Waals surface area (Å²) in [6.07, 6.45) is 7.38. The first-order valence-electron chi connectivity index (χ1n) is 4.52. The quantitative estimate of drug-likeness (QED) is 0.625. The van der Waals surface area contributed by atoms with E-state index in [1.807, 2.05) is 6.92 Å². The molecule has 12 heavy (non-hydrogen) atoms. The molecule has 2 unspecified atom stereocenters. The van der Waals surface area contributed by atoms with Crippen LogP contribution in [0.3, 0.4) is 0 Å². The van der Waals surface area contributed by atoms with Crippen molar-refractivity contribution in [2.45, 2.75) is 38.4 Å². The minimum absolute atomic E-state index is 0.0222. The lowest BCUT2D eigenvalue weighted by molar-refractivity contribution is -0.0420. The molecular weight excluding hydrogens is 152 g/mol. The lowest BCUT2D eigenvalue weighted by atomic mass is 10.1. The van der Waals surface area contributed by atoms with E-state index in [0.29, 0.717) is 18.9 Å². The number of aliphatic hydroxyl groups is 1. The first-order valence-corrected chi connectivity index (χ1v) is 4.52. The van der Waals surface area contributed by atoms with Gasteiger partial charge in [0.2, 0.25) is 0 Å². The van der Waals surface area contributed by atoms with E-state index in [1.54, 1.807) is 0 Å². The van der Waals surface area contributed by atoms with Gasteiger partial charge in [-0.2, -0.15) is 0 Å². The normalized spacial score (nSPS) is 21.4. The third-order valence-electron chi connectivity index (χ3n) is 2.15. The third-order valence-corrected chi connectivity index (χ3v) is 2.15. The van der Waals surface area contributed by atoms with Crippen LogP contribution in [0.4, 0.5) is 0 Å². The zero-order valence-corrected chi connectivity index (χ0v) is 7.49. The SMILES string of the molecule is C#CCC(O)C(OCC)C1CC1. The van der Waals surface area contributed by atoms with Gasteiger partial charge in [0, 0.05) is 13.0 Å². The highest BCUT2D eigenvalue weighted by molar-refractivity contribution is 4.94. The van der Waals surface area contributed by atoms with Crippen LogP contribution < -0.4 is 0 Å². The topological polar surface area (TPSA) is 29.5 Å². The molecule has 0 aromatic carbocycles. The molecule has 1 fully saturated rings. The highest BCUT2D eigenvalue weighted by atomic mass is 16.5. The fourth-order valence-corrected chi connectivity index (χ4v) is 1.42. The Morgan fingerprint density at radius 1 is 1.67 bits per heavy atom. The van der Waals surface area contributed by atoms with Crippen LogP contribution in [-0.4, -0.2) is 23.9 Å². The van der Waals surface area contributed by atoms with Crippen molar-refractivity contribution in [3.8, 4) is 12.3 Å². The van der Waals surface area contributed by atoms with Gasteiger partial charge in [0.25, 0.3) is 0 Å². The van der Waals surface area contributed by atoms with Gasteiger partial charge in [0.05, 0.1) is 12.2 Å². The van der Waals surface area contributed by atoms with Crippen molar-refractivity contribution in [2.24, 2.45) is 5.92 Å². The molecule has 1 N–H and O–H groups in total. The summed E-state index contributed by atoms with van der Waals surface area (Å²) in [5.74, 6) is 3.01. The van der Waals surface area contributed by atoms with Gasteiger partial charge in [0.15, 0.2) is 0 Å². The Hall–Kier alpha value is -0.520. The summed E-state index contributed by atoms with van der Waals surface area (Å²) in [6.45, 7) is 2.60. The number of terminal acetylenes is 1. The highest BCUT2D eigenvalue weighted by Crippen LogP contribution is 2.36. The summed E-state index contributed by atoms with van der Waals surface area (Å²) >= 11 is 0. The zero-order valence-electron chi connectivity index (χ0n) is 7.49. The van der Waals surface area contributed by atoms with E-state index >= 15 is 0 Å². The van der Waals surface area contributed by atoms with Crippen molar-refractivity contribution in [3.05, 3.63) is 0 Å². The van der Waals surface area contributed by atoms with Crippen molar-refractivity contribution in [2.75, 3.05) is 6.61 Å². The molecule has 0 aromatic heterocycles. The summed E-state index contributed by atoms with van der Waals surface area (Å²) in [6, 6.07) is 0. The second-order valence-electron chi connectivity index (χ2n) is 3.23. The number of aliphatic hydroxyl groups excluding tert-OH is 1. The lowest BCUT2D eigenvalue weighted by Crippen LogP contribution is -2.30. The Morgan fingerprint density at radius 3 is 2.75 bits per heavy atom. The average Bonchev–Trinajstić information content (AvgIpc) is 2.83. The number of hydrogen-bond acceptors (Lipinski definition) is 2. The first kappa shape index (κ1) is 9.57. The number of ether oxygens (including phenoxy) is 1. The fraction of sp³-hybridized carbons (Fsp3) is 0.800. The van der Waals surface area contributed by atoms with Crippen LogP contribution in [0, 0.1) is 18.3 Å². The second kappa shape index (κ2) is 4.49.